The fourth-order valence-electron chi connectivity index (χ4n) is 4.58. The van der Waals surface area contributed by atoms with Crippen LogP contribution < -0.4 is 9.88 Å². The lowest BCUT2D eigenvalue weighted by atomic mass is 9.97. The van der Waals surface area contributed by atoms with Gasteiger partial charge in [-0.3, -0.25) is 0 Å². The van der Waals surface area contributed by atoms with Gasteiger partial charge in [0, 0.05) is 28.8 Å². The van der Waals surface area contributed by atoms with Crippen LogP contribution in [0.5, 0.6) is 11.5 Å². The second kappa shape index (κ2) is 10.3. The molecule has 40 heavy (non-hydrogen) atoms. The molecule has 1 saturated carbocycles. The Morgan fingerprint density at radius 3 is 2.40 bits per heavy atom. The summed E-state index contributed by atoms with van der Waals surface area (Å²) in [6.07, 6.45) is 2.45. The van der Waals surface area contributed by atoms with Crippen LogP contribution in [0.4, 0.5) is 0 Å². The minimum Gasteiger partial charge on any atom is -0.476 e. The van der Waals surface area contributed by atoms with E-state index in [-0.39, 0.29) is 16.5 Å². The second-order valence-electron chi connectivity index (χ2n) is 9.53. The number of aromatic nitrogens is 3. The Labute approximate surface area is 234 Å². The zero-order chi connectivity index (χ0) is 27.9. The number of ether oxygens (including phenoxy) is 1. The van der Waals surface area contributed by atoms with Gasteiger partial charge in [-0.15, -0.1) is 11.3 Å². The van der Waals surface area contributed by atoms with Gasteiger partial charge in [-0.2, -0.15) is 5.10 Å². The summed E-state index contributed by atoms with van der Waals surface area (Å²) in [7, 11) is -3.81. The first-order chi connectivity index (χ1) is 19.3. The normalized spacial score (nSPS) is 13.3. The minimum absolute atomic E-state index is 0.0304. The van der Waals surface area contributed by atoms with Crippen molar-refractivity contribution in [3.63, 3.8) is 0 Å². The van der Waals surface area contributed by atoms with Crippen molar-refractivity contribution in [2.45, 2.75) is 30.1 Å². The molecule has 0 radical (unpaired) electrons. The van der Waals surface area contributed by atoms with Crippen LogP contribution in [0, 0.1) is 0 Å². The number of aromatic carboxylic acids is 1. The van der Waals surface area contributed by atoms with Crippen molar-refractivity contribution in [3.8, 4) is 27.9 Å². The van der Waals surface area contributed by atoms with Gasteiger partial charge in [0.05, 0.1) is 16.3 Å². The molecule has 0 unspecified atom stereocenters. The molecule has 0 spiro atoms. The molecule has 1 aliphatic carbocycles. The molecule has 3 aromatic carbocycles. The number of carbonyl (C=O) groups is 1. The van der Waals surface area contributed by atoms with E-state index in [0.29, 0.717) is 23.1 Å². The number of benzene rings is 3. The standard InChI is InChI=1S/C29H24N4O5S2/c30-40(36,37)23-13-9-18(10-14-23)15-24-26(20-5-4-8-22(16-20)38-21-6-2-1-3-7-21)32-33(27(24)19-11-12-19)29-31-25(17-39-29)28(34)35/h1-10,13-14,16-17,19H,11-12,15H2,(H,34,35)(H2,30,36,37). The highest BCUT2D eigenvalue weighted by Gasteiger charge is 2.34. The second-order valence-corrected chi connectivity index (χ2v) is 11.9. The van der Waals surface area contributed by atoms with Crippen LogP contribution >= 0.6 is 11.3 Å². The summed E-state index contributed by atoms with van der Waals surface area (Å²) in [5.74, 6) is 0.518. The van der Waals surface area contributed by atoms with E-state index in [1.165, 1.54) is 28.8 Å². The van der Waals surface area contributed by atoms with E-state index in [2.05, 4.69) is 4.98 Å². The number of primary sulfonamides is 1. The van der Waals surface area contributed by atoms with Gasteiger partial charge in [0.15, 0.2) is 5.69 Å². The van der Waals surface area contributed by atoms with Crippen LogP contribution in [0.15, 0.2) is 89.1 Å². The highest BCUT2D eigenvalue weighted by molar-refractivity contribution is 7.89. The molecule has 9 nitrogen and oxygen atoms in total. The number of nitrogens with two attached hydrogens (primary N) is 1. The lowest BCUT2D eigenvalue weighted by Crippen LogP contribution is -2.11. The first kappa shape index (κ1) is 25.9. The molecule has 0 amide bonds. The SMILES string of the molecule is NS(=O)(=O)c1ccc(Cc2c(-c3cccc(Oc4ccccc4)c3)nn(-c3nc(C(=O)O)cs3)c2C2CC2)cc1. The predicted molar refractivity (Wildman–Crippen MR) is 151 cm³/mol. The summed E-state index contributed by atoms with van der Waals surface area (Å²) in [6.45, 7) is 0. The Kier molecular flexibility index (Phi) is 6.70. The first-order valence-electron chi connectivity index (χ1n) is 12.5. The van der Waals surface area contributed by atoms with Crippen LogP contribution in [-0.2, 0) is 16.4 Å². The molecule has 2 aromatic heterocycles. The number of sulfonamides is 1. The number of hydrogen-bond donors (Lipinski definition) is 2. The van der Waals surface area contributed by atoms with Gasteiger partial charge < -0.3 is 9.84 Å². The van der Waals surface area contributed by atoms with E-state index >= 15 is 0 Å². The third-order valence-corrected chi connectivity index (χ3v) is 8.34. The van der Waals surface area contributed by atoms with Crippen LogP contribution in [0.2, 0.25) is 0 Å². The van der Waals surface area contributed by atoms with Crippen LogP contribution in [0.25, 0.3) is 16.4 Å². The molecule has 5 aromatic rings. The third-order valence-electron chi connectivity index (χ3n) is 6.60. The predicted octanol–water partition coefficient (Wildman–Crippen LogP) is 5.60. The van der Waals surface area contributed by atoms with Crippen LogP contribution in [0.3, 0.4) is 0 Å². The number of rotatable bonds is 9. The maximum Gasteiger partial charge on any atom is 0.355 e. The van der Waals surface area contributed by atoms with Crippen molar-refractivity contribution in [2.24, 2.45) is 5.14 Å². The number of nitrogens with zero attached hydrogens (tertiary/aromatic N) is 3. The van der Waals surface area contributed by atoms with E-state index in [1.54, 1.807) is 16.8 Å². The fourth-order valence-corrected chi connectivity index (χ4v) is 5.86. The van der Waals surface area contributed by atoms with E-state index in [9.17, 15) is 18.3 Å². The molecule has 1 aliphatic rings. The highest BCUT2D eigenvalue weighted by Crippen LogP contribution is 2.46. The number of thiazole rings is 1. The fraction of sp³-hybridized carbons (Fsp3) is 0.138. The molecule has 6 rings (SSSR count). The summed E-state index contributed by atoms with van der Waals surface area (Å²) in [6, 6.07) is 23.6. The van der Waals surface area contributed by atoms with Crippen LogP contribution in [0.1, 0.15) is 46.1 Å². The Balaban J connectivity index is 1.47. The third kappa shape index (κ3) is 5.39. The highest BCUT2D eigenvalue weighted by atomic mass is 32.2. The molecule has 202 valence electrons. The maximum atomic E-state index is 11.8. The van der Waals surface area contributed by atoms with Crippen molar-refractivity contribution in [1.82, 2.24) is 14.8 Å². The van der Waals surface area contributed by atoms with E-state index in [0.717, 1.165) is 40.9 Å². The summed E-state index contributed by atoms with van der Waals surface area (Å²) < 4.78 is 31.4. The molecule has 0 atom stereocenters. The van der Waals surface area contributed by atoms with E-state index in [1.807, 2.05) is 54.6 Å². The largest absolute Gasteiger partial charge is 0.476 e. The average molecular weight is 573 g/mol. The zero-order valence-electron chi connectivity index (χ0n) is 21.1. The van der Waals surface area contributed by atoms with Crippen LogP contribution in [-0.4, -0.2) is 34.3 Å². The van der Waals surface area contributed by atoms with Gasteiger partial charge in [0.25, 0.3) is 0 Å². The Morgan fingerprint density at radius 1 is 1.02 bits per heavy atom. The summed E-state index contributed by atoms with van der Waals surface area (Å²) in [5.41, 5.74) is 4.36. The van der Waals surface area contributed by atoms with Crippen molar-refractivity contribution < 1.29 is 23.1 Å². The van der Waals surface area contributed by atoms with Gasteiger partial charge >= 0.3 is 5.97 Å². The Morgan fingerprint density at radius 2 is 1.75 bits per heavy atom. The molecule has 0 aliphatic heterocycles. The van der Waals surface area contributed by atoms with Gasteiger partial charge in [-0.25, -0.2) is 28.0 Å². The topological polar surface area (TPSA) is 137 Å². The van der Waals surface area contributed by atoms with Gasteiger partial charge in [-0.05, 0) is 54.8 Å². The number of hydrogen-bond acceptors (Lipinski definition) is 7. The molecule has 1 fully saturated rings. The number of carboxylic acids is 1. The van der Waals surface area contributed by atoms with Gasteiger partial charge in [-0.1, -0.05) is 42.5 Å². The molecule has 0 saturated heterocycles. The van der Waals surface area contributed by atoms with Crippen molar-refractivity contribution >= 4 is 27.3 Å². The quantitative estimate of drug-likeness (QED) is 0.234. The molecular weight excluding hydrogens is 548 g/mol. The van der Waals surface area contributed by atoms with E-state index in [4.69, 9.17) is 15.0 Å². The smallest absolute Gasteiger partial charge is 0.355 e. The van der Waals surface area contributed by atoms with Gasteiger partial charge in [0.2, 0.25) is 15.2 Å². The van der Waals surface area contributed by atoms with Gasteiger partial charge in [0.1, 0.15) is 11.5 Å². The van der Waals surface area contributed by atoms with Crippen molar-refractivity contribution in [1.29, 1.82) is 0 Å². The monoisotopic (exact) mass is 572 g/mol. The maximum absolute atomic E-state index is 11.8. The lowest BCUT2D eigenvalue weighted by molar-refractivity contribution is 0.0691. The lowest BCUT2D eigenvalue weighted by Gasteiger charge is -2.10. The van der Waals surface area contributed by atoms with E-state index < -0.39 is 16.0 Å². The minimum atomic E-state index is -3.81. The van der Waals surface area contributed by atoms with Crippen molar-refractivity contribution in [2.75, 3.05) is 0 Å². The molecule has 3 N–H and O–H groups in total. The zero-order valence-corrected chi connectivity index (χ0v) is 22.7. The molecule has 11 heteroatoms. The molecular formula is C29H24N4O5S2. The summed E-state index contributed by atoms with van der Waals surface area (Å²) in [5, 5.41) is 21.7. The molecule has 0 bridgehead atoms. The summed E-state index contributed by atoms with van der Waals surface area (Å²) >= 11 is 1.23. The summed E-state index contributed by atoms with van der Waals surface area (Å²) in [4.78, 5) is 15.9. The Bertz CT molecular complexity index is 1810. The average Bonchev–Trinajstić information content (AvgIpc) is 3.52. The number of carboxylic acid groups (broad SMARTS) is 1. The first-order valence-corrected chi connectivity index (χ1v) is 14.9. The molecule has 2 heterocycles. The number of para-hydroxylation sites is 1. The van der Waals surface area contributed by atoms with Crippen molar-refractivity contribution in [3.05, 3.63) is 107 Å². The Hall–Kier alpha value is -4.32.